The van der Waals surface area contributed by atoms with Crippen LogP contribution in [-0.2, 0) is 4.79 Å². The molecule has 0 aliphatic carbocycles. The zero-order valence-corrected chi connectivity index (χ0v) is 12.5. The fraction of sp³-hybridized carbons (Fsp3) is 0.933. The normalized spacial score (nSPS) is 25.7. The standard InChI is InChI=1S/C15H29N3O/c1-3-9-18-10-6-14(7-11-18)17(2)15(19)12-13-5-4-8-16-13/h13-14,16H,3-12H2,1-2H3. The predicted octanol–water partition coefficient (Wildman–Crippen LogP) is 1.46. The second-order valence-corrected chi connectivity index (χ2v) is 6.07. The van der Waals surface area contributed by atoms with Crippen molar-refractivity contribution in [3.8, 4) is 0 Å². The SMILES string of the molecule is CCCN1CCC(N(C)C(=O)CC2CCCN2)CC1. The summed E-state index contributed by atoms with van der Waals surface area (Å²) in [6.07, 6.45) is 6.57. The molecule has 2 aliphatic rings. The van der Waals surface area contributed by atoms with Crippen molar-refractivity contribution < 1.29 is 4.79 Å². The fourth-order valence-electron chi connectivity index (χ4n) is 3.34. The summed E-state index contributed by atoms with van der Waals surface area (Å²) in [7, 11) is 2.00. The topological polar surface area (TPSA) is 35.6 Å². The number of hydrogen-bond donors (Lipinski definition) is 1. The van der Waals surface area contributed by atoms with E-state index in [9.17, 15) is 4.79 Å². The highest BCUT2D eigenvalue weighted by Gasteiger charge is 2.27. The summed E-state index contributed by atoms with van der Waals surface area (Å²) in [5.41, 5.74) is 0. The lowest BCUT2D eigenvalue weighted by atomic mass is 10.0. The van der Waals surface area contributed by atoms with Gasteiger partial charge in [-0.05, 0) is 45.2 Å². The van der Waals surface area contributed by atoms with Crippen LogP contribution in [0.15, 0.2) is 0 Å². The van der Waals surface area contributed by atoms with Crippen LogP contribution < -0.4 is 5.32 Å². The number of likely N-dealkylation sites (tertiary alicyclic amines) is 1. The lowest BCUT2D eigenvalue weighted by molar-refractivity contribution is -0.133. The van der Waals surface area contributed by atoms with Gasteiger partial charge in [-0.1, -0.05) is 6.92 Å². The van der Waals surface area contributed by atoms with Crippen molar-refractivity contribution >= 4 is 5.91 Å². The minimum Gasteiger partial charge on any atom is -0.343 e. The molecule has 2 rings (SSSR count). The number of nitrogens with one attached hydrogen (secondary N) is 1. The Bertz CT molecular complexity index is 281. The van der Waals surface area contributed by atoms with Gasteiger partial charge in [-0.3, -0.25) is 4.79 Å². The van der Waals surface area contributed by atoms with Crippen molar-refractivity contribution in [2.45, 2.75) is 57.5 Å². The van der Waals surface area contributed by atoms with Crippen LogP contribution in [0.4, 0.5) is 0 Å². The van der Waals surface area contributed by atoms with E-state index >= 15 is 0 Å². The Hall–Kier alpha value is -0.610. The molecule has 0 aromatic rings. The molecule has 0 bridgehead atoms. The maximum atomic E-state index is 12.3. The molecule has 1 N–H and O–H groups in total. The number of amides is 1. The number of hydrogen-bond acceptors (Lipinski definition) is 3. The lowest BCUT2D eigenvalue weighted by Gasteiger charge is -2.37. The van der Waals surface area contributed by atoms with Crippen LogP contribution in [0, 0.1) is 0 Å². The number of piperidine rings is 1. The Kier molecular flexibility index (Phi) is 5.64. The highest BCUT2D eigenvalue weighted by atomic mass is 16.2. The zero-order chi connectivity index (χ0) is 13.7. The van der Waals surface area contributed by atoms with Crippen molar-refractivity contribution in [1.82, 2.24) is 15.1 Å². The molecule has 2 aliphatic heterocycles. The molecule has 1 atom stereocenters. The van der Waals surface area contributed by atoms with Gasteiger partial charge in [0.25, 0.3) is 0 Å². The van der Waals surface area contributed by atoms with Crippen LogP contribution >= 0.6 is 0 Å². The summed E-state index contributed by atoms with van der Waals surface area (Å²) in [6, 6.07) is 0.886. The maximum absolute atomic E-state index is 12.3. The van der Waals surface area contributed by atoms with Crippen LogP contribution in [-0.4, -0.2) is 61.0 Å². The minimum absolute atomic E-state index is 0.327. The average Bonchev–Trinajstić information content (AvgIpc) is 2.92. The molecule has 19 heavy (non-hydrogen) atoms. The molecule has 0 aromatic carbocycles. The summed E-state index contributed by atoms with van der Waals surface area (Å²) in [6.45, 7) is 6.82. The number of carbonyl (C=O) groups excluding carboxylic acids is 1. The first kappa shape index (κ1) is 14.8. The molecule has 1 unspecified atom stereocenters. The molecule has 110 valence electrons. The number of carbonyl (C=O) groups is 1. The van der Waals surface area contributed by atoms with E-state index in [1.807, 2.05) is 11.9 Å². The molecule has 0 saturated carbocycles. The molecule has 2 heterocycles. The quantitative estimate of drug-likeness (QED) is 0.819. The van der Waals surface area contributed by atoms with Gasteiger partial charge in [-0.15, -0.1) is 0 Å². The molecule has 2 saturated heterocycles. The fourth-order valence-corrected chi connectivity index (χ4v) is 3.34. The van der Waals surface area contributed by atoms with Crippen LogP contribution in [0.1, 0.15) is 45.4 Å². The smallest absolute Gasteiger partial charge is 0.224 e. The van der Waals surface area contributed by atoms with Gasteiger partial charge in [-0.2, -0.15) is 0 Å². The highest BCUT2D eigenvalue weighted by molar-refractivity contribution is 5.77. The second-order valence-electron chi connectivity index (χ2n) is 6.07. The van der Waals surface area contributed by atoms with Gasteiger partial charge >= 0.3 is 0 Å². The van der Waals surface area contributed by atoms with Crippen molar-refractivity contribution in [2.75, 3.05) is 33.2 Å². The molecule has 0 radical (unpaired) electrons. The molecular formula is C15H29N3O. The van der Waals surface area contributed by atoms with Gasteiger partial charge in [0, 0.05) is 38.6 Å². The predicted molar refractivity (Wildman–Crippen MR) is 78.2 cm³/mol. The number of nitrogens with zero attached hydrogens (tertiary/aromatic N) is 2. The molecule has 4 nitrogen and oxygen atoms in total. The van der Waals surface area contributed by atoms with Crippen molar-refractivity contribution in [1.29, 1.82) is 0 Å². The first-order valence-corrected chi connectivity index (χ1v) is 7.92. The molecule has 1 amide bonds. The Balaban J connectivity index is 1.73. The van der Waals surface area contributed by atoms with Crippen molar-refractivity contribution in [3.63, 3.8) is 0 Å². The van der Waals surface area contributed by atoms with E-state index in [0.717, 1.165) is 38.9 Å². The molecule has 2 fully saturated rings. The monoisotopic (exact) mass is 267 g/mol. The van der Waals surface area contributed by atoms with E-state index in [1.54, 1.807) is 0 Å². The third-order valence-corrected chi connectivity index (χ3v) is 4.62. The van der Waals surface area contributed by atoms with Gasteiger partial charge in [0.15, 0.2) is 0 Å². The molecule has 0 spiro atoms. The van der Waals surface area contributed by atoms with E-state index < -0.39 is 0 Å². The summed E-state index contributed by atoms with van der Waals surface area (Å²) in [5.74, 6) is 0.327. The van der Waals surface area contributed by atoms with Crippen LogP contribution in [0.25, 0.3) is 0 Å². The Morgan fingerprint density at radius 3 is 2.63 bits per heavy atom. The third-order valence-electron chi connectivity index (χ3n) is 4.62. The van der Waals surface area contributed by atoms with E-state index in [0.29, 0.717) is 24.4 Å². The summed E-state index contributed by atoms with van der Waals surface area (Å²) >= 11 is 0. The zero-order valence-electron chi connectivity index (χ0n) is 12.5. The first-order chi connectivity index (χ1) is 9.20. The molecular weight excluding hydrogens is 238 g/mol. The van der Waals surface area contributed by atoms with Gasteiger partial charge in [0.05, 0.1) is 0 Å². The van der Waals surface area contributed by atoms with E-state index in [1.165, 1.54) is 19.4 Å². The van der Waals surface area contributed by atoms with Gasteiger partial charge < -0.3 is 15.1 Å². The minimum atomic E-state index is 0.327. The van der Waals surface area contributed by atoms with Gasteiger partial charge in [0.1, 0.15) is 0 Å². The largest absolute Gasteiger partial charge is 0.343 e. The summed E-state index contributed by atoms with van der Waals surface area (Å²) in [4.78, 5) is 16.8. The first-order valence-electron chi connectivity index (χ1n) is 7.92. The average molecular weight is 267 g/mol. The van der Waals surface area contributed by atoms with E-state index in [-0.39, 0.29) is 0 Å². The van der Waals surface area contributed by atoms with Gasteiger partial charge in [0.2, 0.25) is 5.91 Å². The van der Waals surface area contributed by atoms with Crippen LogP contribution in [0.5, 0.6) is 0 Å². The van der Waals surface area contributed by atoms with Gasteiger partial charge in [-0.25, -0.2) is 0 Å². The Morgan fingerprint density at radius 1 is 1.32 bits per heavy atom. The van der Waals surface area contributed by atoms with E-state index in [4.69, 9.17) is 0 Å². The third kappa shape index (κ3) is 4.18. The maximum Gasteiger partial charge on any atom is 0.224 e. The summed E-state index contributed by atoms with van der Waals surface area (Å²) in [5, 5.41) is 3.41. The highest BCUT2D eigenvalue weighted by Crippen LogP contribution is 2.18. The Labute approximate surface area is 117 Å². The van der Waals surface area contributed by atoms with Crippen molar-refractivity contribution in [3.05, 3.63) is 0 Å². The van der Waals surface area contributed by atoms with Crippen LogP contribution in [0.2, 0.25) is 0 Å². The lowest BCUT2D eigenvalue weighted by Crippen LogP contribution is -2.46. The molecule has 0 aromatic heterocycles. The summed E-state index contributed by atoms with van der Waals surface area (Å²) < 4.78 is 0. The Morgan fingerprint density at radius 2 is 2.05 bits per heavy atom. The molecule has 4 heteroatoms. The number of rotatable bonds is 5. The van der Waals surface area contributed by atoms with Crippen molar-refractivity contribution in [2.24, 2.45) is 0 Å². The van der Waals surface area contributed by atoms with Crippen LogP contribution in [0.3, 0.4) is 0 Å². The second kappa shape index (κ2) is 7.25. The van der Waals surface area contributed by atoms with E-state index in [2.05, 4.69) is 17.1 Å².